The Morgan fingerprint density at radius 3 is 2.50 bits per heavy atom. The topological polar surface area (TPSA) is 89.6 Å². The third kappa shape index (κ3) is 3.41. The normalized spacial score (nSPS) is 17.4. The van der Waals surface area contributed by atoms with Gasteiger partial charge in [0.2, 0.25) is 0 Å². The van der Waals surface area contributed by atoms with E-state index in [1.165, 1.54) is 36.9 Å². The molecule has 0 radical (unpaired) electrons. The van der Waals surface area contributed by atoms with E-state index in [1.807, 2.05) is 0 Å². The molecule has 1 aliphatic rings. The molecule has 2 rings (SSSR count). The number of benzene rings is 1. The molecule has 7 heteroatoms. The maximum Gasteiger partial charge on any atom is 0.289 e. The van der Waals surface area contributed by atoms with Crippen molar-refractivity contribution in [1.82, 2.24) is 0 Å². The minimum atomic E-state index is -4.01. The van der Waals surface area contributed by atoms with Gasteiger partial charge in [-0.05, 0) is 24.8 Å². The van der Waals surface area contributed by atoms with Gasteiger partial charge in [-0.1, -0.05) is 31.4 Å². The van der Waals surface area contributed by atoms with Crippen molar-refractivity contribution in [3.63, 3.8) is 0 Å². The molecule has 0 spiro atoms. The van der Waals surface area contributed by atoms with Crippen LogP contribution in [0.1, 0.15) is 32.1 Å². The molecular weight excluding hydrogens is 280 g/mol. The summed E-state index contributed by atoms with van der Waals surface area (Å²) in [6, 6.07) is 5.27. The maximum absolute atomic E-state index is 12.1. The molecule has 0 aromatic heterocycles. The molecule has 0 aliphatic heterocycles. The standard InChI is InChI=1S/C13H16N2O4S/c16-15(17)12-8-4-5-9-13(12)20(18,19)14-10-11-6-2-1-3-7-11/h4-5,8-11H,1-3,6-7H2/b14-10+. The molecule has 0 saturated heterocycles. The average molecular weight is 296 g/mol. The molecule has 0 atom stereocenters. The molecule has 1 aromatic carbocycles. The van der Waals surface area contributed by atoms with Crippen molar-refractivity contribution in [1.29, 1.82) is 0 Å². The minimum Gasteiger partial charge on any atom is -0.258 e. The Labute approximate surface area is 117 Å². The second kappa shape index (κ2) is 6.13. The van der Waals surface area contributed by atoms with Gasteiger partial charge in [0.1, 0.15) is 0 Å². The number of nitro groups is 1. The first-order chi connectivity index (χ1) is 9.50. The molecule has 1 aliphatic carbocycles. The van der Waals surface area contributed by atoms with Gasteiger partial charge in [-0.15, -0.1) is 0 Å². The number of hydrogen-bond donors (Lipinski definition) is 0. The fourth-order valence-corrected chi connectivity index (χ4v) is 3.44. The number of hydrogen-bond acceptors (Lipinski definition) is 4. The molecule has 0 heterocycles. The van der Waals surface area contributed by atoms with Gasteiger partial charge in [-0.25, -0.2) is 0 Å². The highest BCUT2D eigenvalue weighted by atomic mass is 32.2. The zero-order chi connectivity index (χ0) is 14.6. The van der Waals surface area contributed by atoms with Crippen LogP contribution in [-0.4, -0.2) is 19.6 Å². The fourth-order valence-electron chi connectivity index (χ4n) is 2.33. The Morgan fingerprint density at radius 2 is 1.85 bits per heavy atom. The predicted octanol–water partition coefficient (Wildman–Crippen LogP) is 2.93. The molecule has 0 unspecified atom stereocenters. The summed E-state index contributed by atoms with van der Waals surface area (Å²) in [5.41, 5.74) is -0.437. The summed E-state index contributed by atoms with van der Waals surface area (Å²) in [4.78, 5) is 9.81. The van der Waals surface area contributed by atoms with Gasteiger partial charge in [-0.2, -0.15) is 12.8 Å². The minimum absolute atomic E-state index is 0.154. The monoisotopic (exact) mass is 296 g/mol. The molecule has 1 fully saturated rings. The molecular formula is C13H16N2O4S. The van der Waals surface area contributed by atoms with Crippen LogP contribution >= 0.6 is 0 Å². The smallest absolute Gasteiger partial charge is 0.258 e. The van der Waals surface area contributed by atoms with Crippen molar-refractivity contribution in [3.8, 4) is 0 Å². The van der Waals surface area contributed by atoms with Gasteiger partial charge in [0.05, 0.1) is 4.92 Å². The van der Waals surface area contributed by atoms with Gasteiger partial charge in [0.15, 0.2) is 4.90 Å². The Balaban J connectivity index is 2.26. The summed E-state index contributed by atoms with van der Waals surface area (Å²) in [6.07, 6.45) is 6.60. The second-order valence-corrected chi connectivity index (χ2v) is 6.45. The third-order valence-corrected chi connectivity index (χ3v) is 4.70. The Kier molecular flexibility index (Phi) is 4.49. The van der Waals surface area contributed by atoms with Gasteiger partial charge in [-0.3, -0.25) is 10.1 Å². The zero-order valence-corrected chi connectivity index (χ0v) is 11.8. The first-order valence-corrected chi connectivity index (χ1v) is 7.98. The summed E-state index contributed by atoms with van der Waals surface area (Å²) >= 11 is 0. The van der Waals surface area contributed by atoms with Crippen LogP contribution in [0.3, 0.4) is 0 Å². The zero-order valence-electron chi connectivity index (χ0n) is 10.9. The highest BCUT2D eigenvalue weighted by Crippen LogP contribution is 2.26. The Bertz CT molecular complexity index is 619. The Hall–Kier alpha value is -1.76. The van der Waals surface area contributed by atoms with Crippen LogP contribution in [0.5, 0.6) is 0 Å². The van der Waals surface area contributed by atoms with E-state index in [9.17, 15) is 18.5 Å². The summed E-state index contributed by atoms with van der Waals surface area (Å²) in [5, 5.41) is 10.9. The molecule has 108 valence electrons. The van der Waals surface area contributed by atoms with E-state index < -0.39 is 20.6 Å². The van der Waals surface area contributed by atoms with Crippen LogP contribution in [0.4, 0.5) is 5.69 Å². The molecule has 1 saturated carbocycles. The fraction of sp³-hybridized carbons (Fsp3) is 0.462. The molecule has 1 aromatic rings. The van der Waals surface area contributed by atoms with Crippen LogP contribution in [0.2, 0.25) is 0 Å². The van der Waals surface area contributed by atoms with Crippen molar-refractivity contribution in [3.05, 3.63) is 34.4 Å². The number of nitrogens with zero attached hydrogens (tertiary/aromatic N) is 2. The van der Waals surface area contributed by atoms with Crippen LogP contribution in [0, 0.1) is 16.0 Å². The molecule has 0 amide bonds. The summed E-state index contributed by atoms with van der Waals surface area (Å²) in [7, 11) is -4.01. The predicted molar refractivity (Wildman–Crippen MR) is 75.3 cm³/mol. The van der Waals surface area contributed by atoms with Crippen molar-refractivity contribution < 1.29 is 13.3 Å². The lowest BCUT2D eigenvalue weighted by Gasteiger charge is -2.16. The highest BCUT2D eigenvalue weighted by Gasteiger charge is 2.24. The first kappa shape index (κ1) is 14.6. The van der Waals surface area contributed by atoms with Gasteiger partial charge < -0.3 is 0 Å². The lowest BCUT2D eigenvalue weighted by molar-refractivity contribution is -0.387. The number of sulfonamides is 1. The maximum atomic E-state index is 12.1. The Morgan fingerprint density at radius 1 is 1.20 bits per heavy atom. The molecule has 0 bridgehead atoms. The first-order valence-electron chi connectivity index (χ1n) is 6.54. The number of para-hydroxylation sites is 1. The lowest BCUT2D eigenvalue weighted by atomic mass is 9.90. The molecule has 20 heavy (non-hydrogen) atoms. The lowest BCUT2D eigenvalue weighted by Crippen LogP contribution is -2.09. The summed E-state index contributed by atoms with van der Waals surface area (Å²) in [5.74, 6) is 0.154. The highest BCUT2D eigenvalue weighted by molar-refractivity contribution is 7.90. The average Bonchev–Trinajstić information content (AvgIpc) is 2.46. The van der Waals surface area contributed by atoms with Crippen molar-refractivity contribution in [2.75, 3.05) is 0 Å². The number of rotatable bonds is 4. The van der Waals surface area contributed by atoms with Crippen LogP contribution in [0.15, 0.2) is 33.6 Å². The quantitative estimate of drug-likeness (QED) is 0.485. The SMILES string of the molecule is O=[N+]([O-])c1ccccc1S(=O)(=O)/N=C/C1CCCCC1. The second-order valence-electron chi connectivity index (χ2n) is 4.85. The van der Waals surface area contributed by atoms with Crippen molar-refractivity contribution in [2.24, 2.45) is 10.3 Å². The van der Waals surface area contributed by atoms with Crippen LogP contribution in [-0.2, 0) is 10.0 Å². The van der Waals surface area contributed by atoms with E-state index in [0.717, 1.165) is 25.7 Å². The molecule has 0 N–H and O–H groups in total. The summed E-state index contributed by atoms with van der Waals surface area (Å²) < 4.78 is 27.8. The van der Waals surface area contributed by atoms with Crippen molar-refractivity contribution >= 4 is 21.9 Å². The largest absolute Gasteiger partial charge is 0.289 e. The van der Waals surface area contributed by atoms with Gasteiger partial charge in [0, 0.05) is 12.3 Å². The van der Waals surface area contributed by atoms with E-state index >= 15 is 0 Å². The van der Waals surface area contributed by atoms with Crippen LogP contribution in [0.25, 0.3) is 0 Å². The van der Waals surface area contributed by atoms with E-state index in [2.05, 4.69) is 4.40 Å². The van der Waals surface area contributed by atoms with Gasteiger partial charge >= 0.3 is 0 Å². The van der Waals surface area contributed by atoms with E-state index in [0.29, 0.717) is 0 Å². The molecule has 6 nitrogen and oxygen atoms in total. The van der Waals surface area contributed by atoms with Crippen LogP contribution < -0.4 is 0 Å². The van der Waals surface area contributed by atoms with E-state index in [1.54, 1.807) is 0 Å². The summed E-state index contributed by atoms with van der Waals surface area (Å²) in [6.45, 7) is 0. The van der Waals surface area contributed by atoms with E-state index in [-0.39, 0.29) is 10.8 Å². The third-order valence-electron chi connectivity index (χ3n) is 3.40. The van der Waals surface area contributed by atoms with Gasteiger partial charge in [0.25, 0.3) is 15.7 Å². The number of nitro benzene ring substituents is 1. The van der Waals surface area contributed by atoms with Crippen molar-refractivity contribution in [2.45, 2.75) is 37.0 Å². The van der Waals surface area contributed by atoms with E-state index in [4.69, 9.17) is 0 Å².